The Morgan fingerprint density at radius 3 is 2.81 bits per heavy atom. The molecule has 0 aromatic carbocycles. The zero-order chi connectivity index (χ0) is 11.9. The number of hydrogen-bond donors (Lipinski definition) is 2. The van der Waals surface area contributed by atoms with E-state index in [0.29, 0.717) is 6.42 Å². The van der Waals surface area contributed by atoms with Crippen LogP contribution in [0.5, 0.6) is 0 Å². The number of hydrogen-bond acceptors (Lipinski definition) is 4. The molecule has 0 aliphatic carbocycles. The molecule has 1 aliphatic heterocycles. The summed E-state index contributed by atoms with van der Waals surface area (Å²) >= 11 is 0. The number of nitrogens with one attached hydrogen (secondary N) is 1. The zero-order valence-electron chi connectivity index (χ0n) is 9.14. The summed E-state index contributed by atoms with van der Waals surface area (Å²) in [6.07, 6.45) is 0.896. The molecule has 0 saturated carbocycles. The van der Waals surface area contributed by atoms with Crippen molar-refractivity contribution in [2.24, 2.45) is 0 Å². The summed E-state index contributed by atoms with van der Waals surface area (Å²) in [6.45, 7) is 3.43. The molecule has 16 heavy (non-hydrogen) atoms. The second-order valence-corrected chi connectivity index (χ2v) is 4.38. The fourth-order valence-corrected chi connectivity index (χ4v) is 2.07. The number of ether oxygens (including phenoxy) is 1. The Labute approximate surface area is 91.5 Å². The van der Waals surface area contributed by atoms with Gasteiger partial charge in [-0.2, -0.15) is 0 Å². The summed E-state index contributed by atoms with van der Waals surface area (Å²) in [5.41, 5.74) is -2.15. The molecule has 1 saturated heterocycles. The van der Waals surface area contributed by atoms with Crippen molar-refractivity contribution < 1.29 is 9.84 Å². The monoisotopic (exact) mass is 226 g/mol. The lowest BCUT2D eigenvalue weighted by molar-refractivity contribution is -0.0812. The van der Waals surface area contributed by atoms with Crippen LogP contribution in [-0.2, 0) is 4.74 Å². The van der Waals surface area contributed by atoms with Gasteiger partial charge in [0.15, 0.2) is 6.23 Å². The summed E-state index contributed by atoms with van der Waals surface area (Å²) < 4.78 is 6.67. The number of H-pyrrole nitrogens is 1. The standard InChI is InChI=1S/C10H14N2O4/c1-6-5-10(2,15)8(16-6)12-4-3-7(13)11-9(12)14/h3-4,6,8,15H,5H2,1-2H3,(H,11,13,14). The van der Waals surface area contributed by atoms with E-state index < -0.39 is 23.1 Å². The Kier molecular flexibility index (Phi) is 2.47. The SMILES string of the molecule is CC1CC(C)(O)C(n2ccc(=O)[nH]c2=O)O1. The molecule has 2 heterocycles. The average molecular weight is 226 g/mol. The highest BCUT2D eigenvalue weighted by Gasteiger charge is 2.43. The third-order valence-corrected chi connectivity index (χ3v) is 2.70. The molecule has 1 aromatic heterocycles. The summed E-state index contributed by atoms with van der Waals surface area (Å²) in [6, 6.07) is 1.23. The second kappa shape index (κ2) is 3.57. The molecule has 0 bridgehead atoms. The molecule has 0 radical (unpaired) electrons. The number of aromatic nitrogens is 2. The highest BCUT2D eigenvalue weighted by atomic mass is 16.5. The van der Waals surface area contributed by atoms with Gasteiger partial charge in [0.1, 0.15) is 5.60 Å². The minimum atomic E-state index is -1.11. The smallest absolute Gasteiger partial charge is 0.330 e. The van der Waals surface area contributed by atoms with Gasteiger partial charge >= 0.3 is 5.69 Å². The Morgan fingerprint density at radius 2 is 2.31 bits per heavy atom. The summed E-state index contributed by atoms with van der Waals surface area (Å²) in [5.74, 6) is 0. The van der Waals surface area contributed by atoms with E-state index in [4.69, 9.17) is 4.74 Å². The third kappa shape index (κ3) is 1.81. The van der Waals surface area contributed by atoms with Gasteiger partial charge in [0, 0.05) is 18.7 Å². The van der Waals surface area contributed by atoms with E-state index in [1.807, 2.05) is 6.92 Å². The molecule has 6 heteroatoms. The minimum absolute atomic E-state index is 0.126. The van der Waals surface area contributed by atoms with E-state index in [9.17, 15) is 14.7 Å². The minimum Gasteiger partial charge on any atom is -0.385 e. The van der Waals surface area contributed by atoms with Gasteiger partial charge in [-0.15, -0.1) is 0 Å². The number of aliphatic hydroxyl groups is 1. The second-order valence-electron chi connectivity index (χ2n) is 4.38. The summed E-state index contributed by atoms with van der Waals surface area (Å²) in [5, 5.41) is 10.1. The highest BCUT2D eigenvalue weighted by Crippen LogP contribution is 2.36. The Bertz CT molecular complexity index is 502. The Balaban J connectivity index is 2.45. The first-order valence-electron chi connectivity index (χ1n) is 5.09. The molecule has 0 amide bonds. The van der Waals surface area contributed by atoms with Gasteiger partial charge in [0.25, 0.3) is 5.56 Å². The van der Waals surface area contributed by atoms with Gasteiger partial charge in [0.05, 0.1) is 6.10 Å². The summed E-state index contributed by atoms with van der Waals surface area (Å²) in [4.78, 5) is 24.6. The molecule has 88 valence electrons. The molecular formula is C10H14N2O4. The average Bonchev–Trinajstić information content (AvgIpc) is 2.39. The van der Waals surface area contributed by atoms with Crippen molar-refractivity contribution in [1.29, 1.82) is 0 Å². The van der Waals surface area contributed by atoms with Crippen molar-refractivity contribution in [2.75, 3.05) is 0 Å². The molecule has 3 unspecified atom stereocenters. The largest absolute Gasteiger partial charge is 0.385 e. The molecule has 1 aromatic rings. The maximum atomic E-state index is 11.5. The predicted molar refractivity (Wildman–Crippen MR) is 56.1 cm³/mol. The Hall–Kier alpha value is -1.40. The van der Waals surface area contributed by atoms with Gasteiger partial charge in [0.2, 0.25) is 0 Å². The van der Waals surface area contributed by atoms with Crippen molar-refractivity contribution in [3.8, 4) is 0 Å². The first kappa shape index (κ1) is 11.1. The maximum absolute atomic E-state index is 11.5. The molecule has 3 atom stereocenters. The number of rotatable bonds is 1. The predicted octanol–water partition coefficient (Wildman–Crippen LogP) is -0.405. The van der Waals surface area contributed by atoms with Crippen molar-refractivity contribution >= 4 is 0 Å². The number of nitrogens with zero attached hydrogens (tertiary/aromatic N) is 1. The normalized spacial score (nSPS) is 34.2. The van der Waals surface area contributed by atoms with Crippen LogP contribution in [0.15, 0.2) is 21.9 Å². The van der Waals surface area contributed by atoms with Gasteiger partial charge in [-0.05, 0) is 13.8 Å². The lowest BCUT2D eigenvalue weighted by Gasteiger charge is -2.24. The van der Waals surface area contributed by atoms with E-state index in [1.165, 1.54) is 16.8 Å². The van der Waals surface area contributed by atoms with Crippen LogP contribution in [0, 0.1) is 0 Å². The zero-order valence-corrected chi connectivity index (χ0v) is 9.14. The fraction of sp³-hybridized carbons (Fsp3) is 0.600. The first-order valence-corrected chi connectivity index (χ1v) is 5.09. The van der Waals surface area contributed by atoms with Crippen LogP contribution in [0.3, 0.4) is 0 Å². The molecule has 2 rings (SSSR count). The molecule has 1 fully saturated rings. The van der Waals surface area contributed by atoms with Crippen molar-refractivity contribution in [2.45, 2.75) is 38.2 Å². The molecular weight excluding hydrogens is 212 g/mol. The van der Waals surface area contributed by atoms with Crippen molar-refractivity contribution in [3.05, 3.63) is 33.1 Å². The Morgan fingerprint density at radius 1 is 1.62 bits per heavy atom. The summed E-state index contributed by atoms with van der Waals surface area (Å²) in [7, 11) is 0. The highest BCUT2D eigenvalue weighted by molar-refractivity contribution is 4.93. The lowest BCUT2D eigenvalue weighted by Crippen LogP contribution is -2.40. The van der Waals surface area contributed by atoms with Crippen LogP contribution in [0.4, 0.5) is 0 Å². The molecule has 6 nitrogen and oxygen atoms in total. The van der Waals surface area contributed by atoms with Crippen LogP contribution in [-0.4, -0.2) is 26.4 Å². The van der Waals surface area contributed by atoms with Crippen molar-refractivity contribution in [1.82, 2.24) is 9.55 Å². The topological polar surface area (TPSA) is 84.3 Å². The van der Waals surface area contributed by atoms with Gasteiger partial charge in [-0.25, -0.2) is 4.79 Å². The van der Waals surface area contributed by atoms with E-state index in [2.05, 4.69) is 4.98 Å². The molecule has 1 aliphatic rings. The van der Waals surface area contributed by atoms with E-state index in [0.717, 1.165) is 0 Å². The van der Waals surface area contributed by atoms with Gasteiger partial charge in [-0.1, -0.05) is 0 Å². The van der Waals surface area contributed by atoms with Gasteiger partial charge < -0.3 is 9.84 Å². The quantitative estimate of drug-likeness (QED) is 0.682. The fourth-order valence-electron chi connectivity index (χ4n) is 2.07. The first-order chi connectivity index (χ1) is 7.40. The van der Waals surface area contributed by atoms with Crippen LogP contribution >= 0.6 is 0 Å². The van der Waals surface area contributed by atoms with E-state index in [1.54, 1.807) is 6.92 Å². The van der Waals surface area contributed by atoms with E-state index in [-0.39, 0.29) is 6.10 Å². The third-order valence-electron chi connectivity index (χ3n) is 2.70. The van der Waals surface area contributed by atoms with Crippen LogP contribution in [0.1, 0.15) is 26.5 Å². The number of aromatic amines is 1. The van der Waals surface area contributed by atoms with Crippen molar-refractivity contribution in [3.63, 3.8) is 0 Å². The van der Waals surface area contributed by atoms with Crippen LogP contribution < -0.4 is 11.2 Å². The van der Waals surface area contributed by atoms with Gasteiger partial charge in [-0.3, -0.25) is 14.3 Å². The van der Waals surface area contributed by atoms with Crippen LogP contribution in [0.2, 0.25) is 0 Å². The maximum Gasteiger partial charge on any atom is 0.330 e. The van der Waals surface area contributed by atoms with Crippen LogP contribution in [0.25, 0.3) is 0 Å². The molecule has 2 N–H and O–H groups in total. The lowest BCUT2D eigenvalue weighted by atomic mass is 10.0. The molecule has 0 spiro atoms. The van der Waals surface area contributed by atoms with E-state index >= 15 is 0 Å².